The second-order valence-electron chi connectivity index (χ2n) is 9.75. The molecule has 2 aliphatic carbocycles. The molecule has 3 unspecified atom stereocenters. The standard InChI is InChI=1S/C24H44S/c1-20-11-13-22(10-6-5-9-17-25-4)23(14-12-20)18-21(2)19-24(3)15-7-8-16-24/h10,20-21,23H,5-9,11-19H2,1-4H3/b22-10-. The minimum absolute atomic E-state index is 0.666. The summed E-state index contributed by atoms with van der Waals surface area (Å²) >= 11 is 1.99. The summed E-state index contributed by atoms with van der Waals surface area (Å²) < 4.78 is 0. The second-order valence-corrected chi connectivity index (χ2v) is 10.7. The number of allylic oxidation sites excluding steroid dienone is 2. The molecule has 1 heteroatoms. The zero-order valence-electron chi connectivity index (χ0n) is 17.6. The maximum Gasteiger partial charge on any atom is -0.00702 e. The van der Waals surface area contributed by atoms with Crippen LogP contribution >= 0.6 is 11.8 Å². The first-order chi connectivity index (χ1) is 12.0. The Hall–Kier alpha value is 0.0900. The van der Waals surface area contributed by atoms with Gasteiger partial charge in [0.25, 0.3) is 0 Å². The first kappa shape index (κ1) is 21.4. The first-order valence-corrected chi connectivity index (χ1v) is 12.6. The van der Waals surface area contributed by atoms with Crippen LogP contribution < -0.4 is 0 Å². The summed E-state index contributed by atoms with van der Waals surface area (Å²) in [6, 6.07) is 0. The van der Waals surface area contributed by atoms with Crippen LogP contribution in [0.15, 0.2) is 11.6 Å². The molecule has 146 valence electrons. The lowest BCUT2D eigenvalue weighted by molar-refractivity contribution is 0.233. The van der Waals surface area contributed by atoms with Gasteiger partial charge in [-0.15, -0.1) is 0 Å². The zero-order valence-corrected chi connectivity index (χ0v) is 18.4. The smallest absolute Gasteiger partial charge is 0.00702 e. The van der Waals surface area contributed by atoms with E-state index in [1.807, 2.05) is 17.3 Å². The molecule has 0 aromatic carbocycles. The van der Waals surface area contributed by atoms with E-state index in [1.54, 1.807) is 0 Å². The normalized spacial score (nSPS) is 29.7. The van der Waals surface area contributed by atoms with E-state index in [2.05, 4.69) is 33.1 Å². The van der Waals surface area contributed by atoms with Gasteiger partial charge in [-0.25, -0.2) is 0 Å². The van der Waals surface area contributed by atoms with E-state index in [-0.39, 0.29) is 0 Å². The van der Waals surface area contributed by atoms with Crippen molar-refractivity contribution in [3.8, 4) is 0 Å². The van der Waals surface area contributed by atoms with E-state index < -0.39 is 0 Å². The number of rotatable bonds is 9. The van der Waals surface area contributed by atoms with Crippen molar-refractivity contribution in [3.63, 3.8) is 0 Å². The fourth-order valence-electron chi connectivity index (χ4n) is 5.49. The minimum Gasteiger partial charge on any atom is -0.165 e. The fraction of sp³-hybridized carbons (Fsp3) is 0.917. The highest BCUT2D eigenvalue weighted by molar-refractivity contribution is 7.98. The summed E-state index contributed by atoms with van der Waals surface area (Å²) in [4.78, 5) is 0. The average molecular weight is 365 g/mol. The Bertz CT molecular complexity index is 391. The minimum atomic E-state index is 0.666. The lowest BCUT2D eigenvalue weighted by Gasteiger charge is -2.30. The Morgan fingerprint density at radius 2 is 1.92 bits per heavy atom. The van der Waals surface area contributed by atoms with Gasteiger partial charge in [-0.3, -0.25) is 0 Å². The monoisotopic (exact) mass is 364 g/mol. The highest BCUT2D eigenvalue weighted by Crippen LogP contribution is 2.45. The Kier molecular flexibility index (Phi) is 9.46. The van der Waals surface area contributed by atoms with Gasteiger partial charge in [-0.1, -0.05) is 51.7 Å². The molecule has 0 radical (unpaired) electrons. The summed E-state index contributed by atoms with van der Waals surface area (Å²) in [6.45, 7) is 7.59. The third kappa shape index (κ3) is 7.69. The summed E-state index contributed by atoms with van der Waals surface area (Å²) in [7, 11) is 0. The predicted octanol–water partition coefficient (Wildman–Crippen LogP) is 8.27. The lowest BCUT2D eigenvalue weighted by atomic mass is 9.76. The molecule has 2 aliphatic rings. The highest BCUT2D eigenvalue weighted by atomic mass is 32.2. The SMILES string of the molecule is CSCCCC/C=C1/CCC(C)CCC1CC(C)CC1(C)CCCC1. The van der Waals surface area contributed by atoms with Gasteiger partial charge >= 0.3 is 0 Å². The van der Waals surface area contributed by atoms with Crippen LogP contribution in [0, 0.1) is 23.2 Å². The second kappa shape index (κ2) is 11.1. The lowest BCUT2D eigenvalue weighted by Crippen LogP contribution is -2.18. The van der Waals surface area contributed by atoms with Crippen LogP contribution in [0.2, 0.25) is 0 Å². The van der Waals surface area contributed by atoms with Crippen molar-refractivity contribution in [2.24, 2.45) is 23.2 Å². The van der Waals surface area contributed by atoms with Gasteiger partial charge in [-0.05, 0) is 99.4 Å². The molecule has 0 saturated heterocycles. The fourth-order valence-corrected chi connectivity index (χ4v) is 5.98. The van der Waals surface area contributed by atoms with Crippen LogP contribution in [0.5, 0.6) is 0 Å². The first-order valence-electron chi connectivity index (χ1n) is 11.2. The number of unbranched alkanes of at least 4 members (excludes halogenated alkanes) is 2. The Labute approximate surface area is 163 Å². The van der Waals surface area contributed by atoms with E-state index in [9.17, 15) is 0 Å². The summed E-state index contributed by atoms with van der Waals surface area (Å²) in [5.41, 5.74) is 2.51. The molecule has 2 rings (SSSR count). The van der Waals surface area contributed by atoms with E-state index in [4.69, 9.17) is 0 Å². The third-order valence-corrected chi connectivity index (χ3v) is 7.70. The molecule has 25 heavy (non-hydrogen) atoms. The molecule has 0 heterocycles. The van der Waals surface area contributed by atoms with Crippen molar-refractivity contribution in [2.75, 3.05) is 12.0 Å². The Balaban J connectivity index is 1.89. The number of thioether (sulfide) groups is 1. The van der Waals surface area contributed by atoms with Gasteiger partial charge in [0.05, 0.1) is 0 Å². The molecule has 0 nitrogen and oxygen atoms in total. The molecule has 0 bridgehead atoms. The molecule has 2 fully saturated rings. The van der Waals surface area contributed by atoms with Crippen LogP contribution in [0.1, 0.15) is 104 Å². The summed E-state index contributed by atoms with van der Waals surface area (Å²) in [5.74, 6) is 4.07. The van der Waals surface area contributed by atoms with Gasteiger partial charge < -0.3 is 0 Å². The van der Waals surface area contributed by atoms with Gasteiger partial charge in [-0.2, -0.15) is 11.8 Å². The van der Waals surface area contributed by atoms with Crippen LogP contribution in [0.4, 0.5) is 0 Å². The zero-order chi connectivity index (χ0) is 18.1. The number of hydrogen-bond acceptors (Lipinski definition) is 1. The third-order valence-electron chi connectivity index (χ3n) is 7.01. The van der Waals surface area contributed by atoms with Crippen molar-refractivity contribution in [3.05, 3.63) is 11.6 Å². The molecule has 0 aromatic heterocycles. The van der Waals surface area contributed by atoms with Gasteiger partial charge in [0.2, 0.25) is 0 Å². The maximum absolute atomic E-state index is 2.67. The number of hydrogen-bond donors (Lipinski definition) is 0. The Morgan fingerprint density at radius 1 is 1.16 bits per heavy atom. The summed E-state index contributed by atoms with van der Waals surface area (Å²) in [6.07, 6.45) is 23.6. The van der Waals surface area contributed by atoms with Crippen molar-refractivity contribution >= 4 is 11.8 Å². The molecule has 0 aliphatic heterocycles. The summed E-state index contributed by atoms with van der Waals surface area (Å²) in [5, 5.41) is 0. The molecule has 2 saturated carbocycles. The molecular formula is C24H44S. The van der Waals surface area contributed by atoms with Gasteiger partial charge in [0.15, 0.2) is 0 Å². The molecule has 0 amide bonds. The van der Waals surface area contributed by atoms with Gasteiger partial charge in [0.1, 0.15) is 0 Å². The largest absolute Gasteiger partial charge is 0.165 e. The molecule has 0 aromatic rings. The Morgan fingerprint density at radius 3 is 2.64 bits per heavy atom. The van der Waals surface area contributed by atoms with Crippen molar-refractivity contribution in [1.29, 1.82) is 0 Å². The predicted molar refractivity (Wildman–Crippen MR) is 116 cm³/mol. The van der Waals surface area contributed by atoms with Crippen LogP contribution in [0.3, 0.4) is 0 Å². The van der Waals surface area contributed by atoms with E-state index in [0.717, 1.165) is 17.8 Å². The van der Waals surface area contributed by atoms with E-state index >= 15 is 0 Å². The maximum atomic E-state index is 2.67. The molecule has 0 N–H and O–H groups in total. The quantitative estimate of drug-likeness (QED) is 0.225. The molecular weight excluding hydrogens is 320 g/mol. The van der Waals surface area contributed by atoms with Crippen molar-refractivity contribution in [1.82, 2.24) is 0 Å². The van der Waals surface area contributed by atoms with Crippen LogP contribution in [0.25, 0.3) is 0 Å². The van der Waals surface area contributed by atoms with Crippen LogP contribution in [-0.4, -0.2) is 12.0 Å². The van der Waals surface area contributed by atoms with Gasteiger partial charge in [0, 0.05) is 0 Å². The van der Waals surface area contributed by atoms with Crippen LogP contribution in [-0.2, 0) is 0 Å². The molecule has 0 spiro atoms. The van der Waals surface area contributed by atoms with E-state index in [0.29, 0.717) is 5.41 Å². The highest BCUT2D eigenvalue weighted by Gasteiger charge is 2.31. The average Bonchev–Trinajstić information content (AvgIpc) is 2.92. The van der Waals surface area contributed by atoms with Crippen molar-refractivity contribution in [2.45, 2.75) is 104 Å². The van der Waals surface area contributed by atoms with Crippen molar-refractivity contribution < 1.29 is 0 Å². The molecule has 3 atom stereocenters. The van der Waals surface area contributed by atoms with E-state index in [1.165, 1.54) is 89.2 Å². The topological polar surface area (TPSA) is 0 Å².